The van der Waals surface area contributed by atoms with Crippen LogP contribution in [-0.4, -0.2) is 53.1 Å². The van der Waals surface area contributed by atoms with Gasteiger partial charge in [0, 0.05) is 29.1 Å². The van der Waals surface area contributed by atoms with Gasteiger partial charge in [0.25, 0.3) is 17.4 Å². The number of nitrogens with zero attached hydrogens (tertiary/aromatic N) is 1. The second-order valence-electron chi connectivity index (χ2n) is 8.35. The van der Waals surface area contributed by atoms with Crippen LogP contribution in [0.25, 0.3) is 0 Å². The normalized spacial score (nSPS) is 20.1. The Morgan fingerprint density at radius 1 is 1.06 bits per heavy atom. The van der Waals surface area contributed by atoms with Crippen LogP contribution in [0.5, 0.6) is 0 Å². The summed E-state index contributed by atoms with van der Waals surface area (Å²) in [4.78, 5) is 28.4. The van der Waals surface area contributed by atoms with Crippen molar-refractivity contribution in [3.8, 4) is 0 Å². The van der Waals surface area contributed by atoms with Crippen molar-refractivity contribution in [1.29, 1.82) is 0 Å². The maximum atomic E-state index is 13.2. The van der Waals surface area contributed by atoms with Crippen molar-refractivity contribution in [2.75, 3.05) is 18.2 Å². The van der Waals surface area contributed by atoms with Crippen molar-refractivity contribution < 1.29 is 45.8 Å². The molecule has 0 aromatic heterocycles. The molecule has 2 N–H and O–H groups in total. The van der Waals surface area contributed by atoms with Gasteiger partial charge in [-0.15, -0.1) is 11.8 Å². The number of carbonyl (C=O) groups is 2. The van der Waals surface area contributed by atoms with Crippen LogP contribution in [0.3, 0.4) is 0 Å². The van der Waals surface area contributed by atoms with Gasteiger partial charge in [0.15, 0.2) is 0 Å². The molecule has 0 saturated carbocycles. The summed E-state index contributed by atoms with van der Waals surface area (Å²) in [5.41, 5.74) is -5.34. The largest absolute Gasteiger partial charge is 0.430 e. The van der Waals surface area contributed by atoms with Gasteiger partial charge >= 0.3 is 12.4 Å². The fourth-order valence-corrected chi connectivity index (χ4v) is 4.62. The summed E-state index contributed by atoms with van der Waals surface area (Å²) in [7, 11) is 0. The summed E-state index contributed by atoms with van der Waals surface area (Å²) >= 11 is 1.48. The molecule has 2 aromatic rings. The minimum Gasteiger partial charge on any atom is -0.369 e. The summed E-state index contributed by atoms with van der Waals surface area (Å²) in [6, 6.07) is 6.78. The molecule has 2 aliphatic rings. The zero-order chi connectivity index (χ0) is 26.5. The first-order valence-electron chi connectivity index (χ1n) is 10.6. The van der Waals surface area contributed by atoms with E-state index in [1.54, 1.807) is 12.1 Å². The van der Waals surface area contributed by atoms with Crippen LogP contribution in [0.4, 0.5) is 32.0 Å². The Bertz CT molecular complexity index is 1150. The van der Waals surface area contributed by atoms with Crippen LogP contribution in [0, 0.1) is 0 Å². The Morgan fingerprint density at radius 2 is 1.67 bits per heavy atom. The molecule has 2 unspecified atom stereocenters. The number of benzene rings is 2. The number of amides is 2. The first-order chi connectivity index (χ1) is 16.8. The highest BCUT2D eigenvalue weighted by molar-refractivity contribution is 7.98. The van der Waals surface area contributed by atoms with E-state index >= 15 is 0 Å². The molecule has 1 fully saturated rings. The second kappa shape index (κ2) is 9.27. The average molecular weight is 534 g/mol. The lowest BCUT2D eigenvalue weighted by atomic mass is 9.92. The molecule has 0 aliphatic carbocycles. The Hall–Kier alpha value is -2.77. The minimum atomic E-state index is -6.02. The molecule has 36 heavy (non-hydrogen) atoms. The number of nitrogens with one attached hydrogen (secondary N) is 1. The van der Waals surface area contributed by atoms with Crippen LogP contribution in [-0.2, 0) is 26.5 Å². The van der Waals surface area contributed by atoms with Crippen LogP contribution < -0.4 is 5.32 Å². The van der Waals surface area contributed by atoms with E-state index in [-0.39, 0.29) is 18.1 Å². The number of aliphatic hydroxyl groups is 1. The first kappa shape index (κ1) is 26.3. The van der Waals surface area contributed by atoms with Gasteiger partial charge < -0.3 is 20.1 Å². The smallest absolute Gasteiger partial charge is 0.369 e. The van der Waals surface area contributed by atoms with Crippen molar-refractivity contribution in [3.05, 3.63) is 59.2 Å². The molecular formula is C23H20F6N2O4S. The minimum absolute atomic E-state index is 0.114. The van der Waals surface area contributed by atoms with Gasteiger partial charge in [-0.05, 0) is 41.6 Å². The Labute approximate surface area is 205 Å². The molecule has 194 valence electrons. The zero-order valence-electron chi connectivity index (χ0n) is 18.6. The van der Waals surface area contributed by atoms with Crippen molar-refractivity contribution in [2.45, 2.75) is 48.0 Å². The van der Waals surface area contributed by atoms with Gasteiger partial charge in [-0.3, -0.25) is 9.59 Å². The van der Waals surface area contributed by atoms with Gasteiger partial charge in [-0.25, -0.2) is 0 Å². The zero-order valence-corrected chi connectivity index (χ0v) is 19.4. The lowest BCUT2D eigenvalue weighted by Gasteiger charge is -2.33. The van der Waals surface area contributed by atoms with Crippen LogP contribution in [0.2, 0.25) is 0 Å². The molecular weight excluding hydrogens is 514 g/mol. The van der Waals surface area contributed by atoms with E-state index in [9.17, 15) is 41.0 Å². The van der Waals surface area contributed by atoms with E-state index in [0.717, 1.165) is 22.6 Å². The topological polar surface area (TPSA) is 78.9 Å². The van der Waals surface area contributed by atoms with Gasteiger partial charge in [-0.1, -0.05) is 18.2 Å². The molecule has 0 spiro atoms. The first-order valence-corrected chi connectivity index (χ1v) is 11.9. The lowest BCUT2D eigenvalue weighted by Crippen LogP contribution is -2.53. The Kier molecular flexibility index (Phi) is 6.77. The summed E-state index contributed by atoms with van der Waals surface area (Å²) in [5.74, 6) is -1.09. The third-order valence-electron chi connectivity index (χ3n) is 6.19. The van der Waals surface area contributed by atoms with Crippen LogP contribution >= 0.6 is 11.8 Å². The summed E-state index contributed by atoms with van der Waals surface area (Å²) in [6.45, 7) is 0.558. The van der Waals surface area contributed by atoms with E-state index in [2.05, 4.69) is 5.32 Å². The Morgan fingerprint density at radius 3 is 2.17 bits per heavy atom. The number of hydrogen-bond donors (Lipinski definition) is 2. The lowest BCUT2D eigenvalue weighted by molar-refractivity contribution is -0.376. The van der Waals surface area contributed by atoms with E-state index in [0.29, 0.717) is 30.7 Å². The predicted octanol–water partition coefficient (Wildman–Crippen LogP) is 4.53. The van der Waals surface area contributed by atoms with Crippen molar-refractivity contribution in [3.63, 3.8) is 0 Å². The number of halogens is 6. The number of hydrogen-bond acceptors (Lipinski definition) is 5. The molecule has 6 nitrogen and oxygen atoms in total. The third-order valence-corrected chi connectivity index (χ3v) is 6.92. The number of anilines is 1. The Balaban J connectivity index is 1.61. The number of alkyl halides is 6. The predicted molar refractivity (Wildman–Crippen MR) is 117 cm³/mol. The summed E-state index contributed by atoms with van der Waals surface area (Å²) < 4.78 is 84.0. The van der Waals surface area contributed by atoms with E-state index in [1.165, 1.54) is 16.7 Å². The van der Waals surface area contributed by atoms with Crippen molar-refractivity contribution in [1.82, 2.24) is 4.90 Å². The molecule has 0 radical (unpaired) electrons. The molecule has 2 atom stereocenters. The fourth-order valence-electron chi connectivity index (χ4n) is 4.15. The SMILES string of the molecule is CSc1ccc2c(c1)CN(C(=O)C1CCO1)C2C(=O)Nc1ccc(C(O)(C(F)(F)F)C(F)(F)F)cc1. The molecule has 2 amide bonds. The average Bonchev–Trinajstić information content (AvgIpc) is 3.15. The fraction of sp³-hybridized carbons (Fsp3) is 0.391. The molecule has 2 aliphatic heterocycles. The number of thioether (sulfide) groups is 1. The number of fused-ring (bicyclic) bond motifs is 1. The molecule has 13 heteroatoms. The van der Waals surface area contributed by atoms with Crippen LogP contribution in [0.1, 0.15) is 29.2 Å². The number of rotatable bonds is 5. The highest BCUT2D eigenvalue weighted by Gasteiger charge is 2.71. The number of ether oxygens (including phenoxy) is 1. The van der Waals surface area contributed by atoms with E-state index in [1.807, 2.05) is 12.3 Å². The van der Waals surface area contributed by atoms with Gasteiger partial charge in [0.05, 0.1) is 6.61 Å². The van der Waals surface area contributed by atoms with Gasteiger partial charge in [-0.2, -0.15) is 26.3 Å². The highest BCUT2D eigenvalue weighted by atomic mass is 32.2. The molecule has 0 bridgehead atoms. The number of carbonyl (C=O) groups excluding carboxylic acids is 2. The summed E-state index contributed by atoms with van der Waals surface area (Å²) in [5, 5.41) is 12.0. The summed E-state index contributed by atoms with van der Waals surface area (Å²) in [6.07, 6.45) is -10.4. The highest BCUT2D eigenvalue weighted by Crippen LogP contribution is 2.50. The van der Waals surface area contributed by atoms with Gasteiger partial charge in [0.1, 0.15) is 12.1 Å². The van der Waals surface area contributed by atoms with Crippen molar-refractivity contribution >= 4 is 29.3 Å². The molecule has 4 rings (SSSR count). The molecule has 1 saturated heterocycles. The maximum absolute atomic E-state index is 13.2. The third kappa shape index (κ3) is 4.43. The van der Waals surface area contributed by atoms with Gasteiger partial charge in [0.2, 0.25) is 0 Å². The standard InChI is InChI=1S/C23H20F6N2O4S/c1-36-15-6-7-16-12(10-15)11-31(20(33)17-8-9-35-17)18(16)19(32)30-14-4-2-13(3-5-14)21(34,22(24,25)26)23(27,28)29/h2-7,10,17-18,34H,8-9,11H2,1H3,(H,30,32). The van der Waals surface area contributed by atoms with E-state index < -0.39 is 41.6 Å². The monoisotopic (exact) mass is 534 g/mol. The maximum Gasteiger partial charge on any atom is 0.430 e. The molecule has 2 heterocycles. The van der Waals surface area contributed by atoms with E-state index in [4.69, 9.17) is 4.74 Å². The quantitative estimate of drug-likeness (QED) is 0.436. The van der Waals surface area contributed by atoms with Crippen molar-refractivity contribution in [2.24, 2.45) is 0 Å². The van der Waals surface area contributed by atoms with Crippen LogP contribution in [0.15, 0.2) is 47.4 Å². The molecule has 2 aromatic carbocycles. The second-order valence-corrected chi connectivity index (χ2v) is 9.23.